The molecule has 2 rings (SSSR count). The van der Waals surface area contributed by atoms with Gasteiger partial charge >= 0.3 is 0 Å². The fourth-order valence-corrected chi connectivity index (χ4v) is 2.14. The van der Waals surface area contributed by atoms with Crippen LogP contribution in [0.1, 0.15) is 29.3 Å². The summed E-state index contributed by atoms with van der Waals surface area (Å²) in [5.74, 6) is 0.255. The van der Waals surface area contributed by atoms with E-state index in [0.29, 0.717) is 17.0 Å². The number of nitrogens with two attached hydrogens (primary N) is 1. The van der Waals surface area contributed by atoms with Gasteiger partial charge in [-0.2, -0.15) is 0 Å². The summed E-state index contributed by atoms with van der Waals surface area (Å²) in [6.45, 7) is 2.14. The molecule has 0 aliphatic heterocycles. The standard InChI is InChI=1S/C17H20N2O2/c1-3-4-12-5-8-14(9-6-12)19-17(20)15-10-7-13(18)11-16(15)21-2/h5-11H,3-4,18H2,1-2H3,(H,19,20). The Bertz CT molecular complexity index is 621. The zero-order valence-electron chi connectivity index (χ0n) is 12.3. The number of ether oxygens (including phenoxy) is 1. The first kappa shape index (κ1) is 14.9. The lowest BCUT2D eigenvalue weighted by Crippen LogP contribution is -2.13. The van der Waals surface area contributed by atoms with Crippen LogP contribution in [0.25, 0.3) is 0 Å². The number of amides is 1. The second-order valence-electron chi connectivity index (χ2n) is 4.86. The molecule has 21 heavy (non-hydrogen) atoms. The molecule has 110 valence electrons. The van der Waals surface area contributed by atoms with Gasteiger partial charge in [-0.25, -0.2) is 0 Å². The Labute approximate surface area is 124 Å². The van der Waals surface area contributed by atoms with Crippen LogP contribution in [0.4, 0.5) is 11.4 Å². The van der Waals surface area contributed by atoms with Crippen LogP contribution >= 0.6 is 0 Å². The molecular weight excluding hydrogens is 264 g/mol. The maximum Gasteiger partial charge on any atom is 0.259 e. The number of anilines is 2. The van der Waals surface area contributed by atoms with E-state index in [0.717, 1.165) is 18.5 Å². The Balaban J connectivity index is 2.14. The third-order valence-electron chi connectivity index (χ3n) is 3.22. The van der Waals surface area contributed by atoms with Crippen molar-refractivity contribution in [1.82, 2.24) is 0 Å². The Kier molecular flexibility index (Phi) is 4.82. The minimum absolute atomic E-state index is 0.213. The molecule has 0 bridgehead atoms. The van der Waals surface area contributed by atoms with E-state index in [1.165, 1.54) is 12.7 Å². The normalized spacial score (nSPS) is 10.2. The monoisotopic (exact) mass is 284 g/mol. The van der Waals surface area contributed by atoms with Crippen molar-refractivity contribution in [2.45, 2.75) is 19.8 Å². The number of hydrogen-bond acceptors (Lipinski definition) is 3. The van der Waals surface area contributed by atoms with Gasteiger partial charge in [0.1, 0.15) is 5.75 Å². The smallest absolute Gasteiger partial charge is 0.259 e. The minimum atomic E-state index is -0.213. The molecule has 0 aliphatic carbocycles. The average Bonchev–Trinajstić information content (AvgIpc) is 2.49. The molecule has 0 aromatic heterocycles. The molecule has 0 atom stereocenters. The van der Waals surface area contributed by atoms with Gasteiger partial charge in [-0.15, -0.1) is 0 Å². The number of aryl methyl sites for hydroxylation is 1. The zero-order chi connectivity index (χ0) is 15.2. The predicted octanol–water partition coefficient (Wildman–Crippen LogP) is 3.48. The van der Waals surface area contributed by atoms with Crippen LogP contribution in [0, 0.1) is 0 Å². The lowest BCUT2D eigenvalue weighted by molar-refractivity contribution is 0.102. The van der Waals surface area contributed by atoms with E-state index in [-0.39, 0.29) is 5.91 Å². The second kappa shape index (κ2) is 6.79. The molecule has 0 spiro atoms. The van der Waals surface area contributed by atoms with E-state index in [2.05, 4.69) is 12.2 Å². The minimum Gasteiger partial charge on any atom is -0.496 e. The van der Waals surface area contributed by atoms with Gasteiger partial charge in [0.15, 0.2) is 0 Å². The first-order valence-electron chi connectivity index (χ1n) is 6.98. The van der Waals surface area contributed by atoms with Gasteiger partial charge < -0.3 is 15.8 Å². The highest BCUT2D eigenvalue weighted by Gasteiger charge is 2.12. The highest BCUT2D eigenvalue weighted by molar-refractivity contribution is 6.06. The van der Waals surface area contributed by atoms with E-state index in [4.69, 9.17) is 10.5 Å². The van der Waals surface area contributed by atoms with Crippen LogP contribution in [0.5, 0.6) is 5.75 Å². The zero-order valence-corrected chi connectivity index (χ0v) is 12.3. The van der Waals surface area contributed by atoms with Crippen molar-refractivity contribution in [3.05, 3.63) is 53.6 Å². The third kappa shape index (κ3) is 3.75. The average molecular weight is 284 g/mol. The van der Waals surface area contributed by atoms with E-state index >= 15 is 0 Å². The Morgan fingerprint density at radius 1 is 1.19 bits per heavy atom. The van der Waals surface area contributed by atoms with E-state index < -0.39 is 0 Å². The molecular formula is C17H20N2O2. The molecule has 0 aliphatic rings. The Morgan fingerprint density at radius 3 is 2.52 bits per heavy atom. The van der Waals surface area contributed by atoms with Gasteiger partial charge in [0.25, 0.3) is 5.91 Å². The maximum absolute atomic E-state index is 12.3. The molecule has 0 saturated carbocycles. The van der Waals surface area contributed by atoms with Gasteiger partial charge in [-0.05, 0) is 36.2 Å². The fraction of sp³-hybridized carbons (Fsp3) is 0.235. The summed E-state index contributed by atoms with van der Waals surface area (Å²) in [6.07, 6.45) is 2.15. The quantitative estimate of drug-likeness (QED) is 0.826. The lowest BCUT2D eigenvalue weighted by atomic mass is 10.1. The summed E-state index contributed by atoms with van der Waals surface area (Å²) in [6, 6.07) is 12.9. The van der Waals surface area contributed by atoms with Crippen LogP contribution in [-0.2, 0) is 6.42 Å². The number of methoxy groups -OCH3 is 1. The number of carbonyl (C=O) groups is 1. The van der Waals surface area contributed by atoms with Crippen molar-refractivity contribution < 1.29 is 9.53 Å². The highest BCUT2D eigenvalue weighted by atomic mass is 16.5. The van der Waals surface area contributed by atoms with Gasteiger partial charge in [-0.3, -0.25) is 4.79 Å². The summed E-state index contributed by atoms with van der Waals surface area (Å²) >= 11 is 0. The van der Waals surface area contributed by atoms with Gasteiger partial charge in [0, 0.05) is 17.4 Å². The van der Waals surface area contributed by atoms with Crippen molar-refractivity contribution in [3.63, 3.8) is 0 Å². The summed E-state index contributed by atoms with van der Waals surface area (Å²) in [7, 11) is 1.52. The number of nitrogens with one attached hydrogen (secondary N) is 1. The van der Waals surface area contributed by atoms with Crippen molar-refractivity contribution in [2.75, 3.05) is 18.2 Å². The predicted molar refractivity (Wildman–Crippen MR) is 85.8 cm³/mol. The molecule has 0 unspecified atom stereocenters. The number of hydrogen-bond donors (Lipinski definition) is 2. The molecule has 4 nitrogen and oxygen atoms in total. The summed E-state index contributed by atoms with van der Waals surface area (Å²) in [4.78, 5) is 12.3. The molecule has 2 aromatic carbocycles. The van der Waals surface area contributed by atoms with Crippen LogP contribution < -0.4 is 15.8 Å². The first-order valence-corrected chi connectivity index (χ1v) is 6.98. The number of rotatable bonds is 5. The number of nitrogen functional groups attached to an aromatic ring is 1. The second-order valence-corrected chi connectivity index (χ2v) is 4.86. The van der Waals surface area contributed by atoms with Crippen molar-refractivity contribution in [2.24, 2.45) is 0 Å². The molecule has 3 N–H and O–H groups in total. The fourth-order valence-electron chi connectivity index (χ4n) is 2.14. The first-order chi connectivity index (χ1) is 10.1. The Hall–Kier alpha value is -2.49. The Morgan fingerprint density at radius 2 is 1.90 bits per heavy atom. The number of carbonyl (C=O) groups excluding carboxylic acids is 1. The van der Waals surface area contributed by atoms with E-state index in [9.17, 15) is 4.79 Å². The highest BCUT2D eigenvalue weighted by Crippen LogP contribution is 2.22. The number of benzene rings is 2. The molecule has 0 heterocycles. The topological polar surface area (TPSA) is 64.4 Å². The largest absolute Gasteiger partial charge is 0.496 e. The SMILES string of the molecule is CCCc1ccc(NC(=O)c2ccc(N)cc2OC)cc1. The van der Waals surface area contributed by atoms with Crippen molar-refractivity contribution in [1.29, 1.82) is 0 Å². The molecule has 0 radical (unpaired) electrons. The van der Waals surface area contributed by atoms with Gasteiger partial charge in [0.05, 0.1) is 12.7 Å². The van der Waals surface area contributed by atoms with Crippen molar-refractivity contribution in [3.8, 4) is 5.75 Å². The molecule has 0 saturated heterocycles. The van der Waals surface area contributed by atoms with Gasteiger partial charge in [0.2, 0.25) is 0 Å². The van der Waals surface area contributed by atoms with Crippen molar-refractivity contribution >= 4 is 17.3 Å². The molecule has 2 aromatic rings. The molecule has 0 fully saturated rings. The van der Waals surface area contributed by atoms with E-state index in [1.54, 1.807) is 18.2 Å². The molecule has 1 amide bonds. The van der Waals surface area contributed by atoms with Gasteiger partial charge in [-0.1, -0.05) is 25.5 Å². The van der Waals surface area contributed by atoms with Crippen LogP contribution in [0.2, 0.25) is 0 Å². The van der Waals surface area contributed by atoms with Crippen LogP contribution in [0.3, 0.4) is 0 Å². The summed E-state index contributed by atoms with van der Waals surface area (Å²) in [5, 5.41) is 2.86. The third-order valence-corrected chi connectivity index (χ3v) is 3.22. The van der Waals surface area contributed by atoms with E-state index in [1.807, 2.05) is 24.3 Å². The lowest BCUT2D eigenvalue weighted by Gasteiger charge is -2.10. The maximum atomic E-state index is 12.3. The molecule has 4 heteroatoms. The van der Waals surface area contributed by atoms with Crippen LogP contribution in [0.15, 0.2) is 42.5 Å². The summed E-state index contributed by atoms with van der Waals surface area (Å²) in [5.41, 5.74) is 8.74. The van der Waals surface area contributed by atoms with Crippen LogP contribution in [-0.4, -0.2) is 13.0 Å². The summed E-state index contributed by atoms with van der Waals surface area (Å²) < 4.78 is 5.20.